The maximum Gasteiger partial charge on any atom is 0.227 e. The first-order valence-electron chi connectivity index (χ1n) is 10.2. The van der Waals surface area contributed by atoms with Crippen molar-refractivity contribution in [2.24, 2.45) is 5.92 Å². The van der Waals surface area contributed by atoms with Gasteiger partial charge in [0.1, 0.15) is 11.4 Å². The van der Waals surface area contributed by atoms with Gasteiger partial charge in [-0.2, -0.15) is 0 Å². The maximum absolute atomic E-state index is 13.0. The highest BCUT2D eigenvalue weighted by atomic mass is 32.1. The van der Waals surface area contributed by atoms with E-state index in [0.29, 0.717) is 18.5 Å². The van der Waals surface area contributed by atoms with Gasteiger partial charge in [0.2, 0.25) is 5.91 Å². The molecule has 2 aromatic rings. The first-order valence-corrected chi connectivity index (χ1v) is 11.1. The molecule has 0 radical (unpaired) electrons. The van der Waals surface area contributed by atoms with Gasteiger partial charge in [0.25, 0.3) is 0 Å². The molecule has 28 heavy (non-hydrogen) atoms. The topological polar surface area (TPSA) is 45.7 Å². The summed E-state index contributed by atoms with van der Waals surface area (Å²) >= 11 is 1.60. The second kappa shape index (κ2) is 6.85. The Kier molecular flexibility index (Phi) is 4.43. The minimum atomic E-state index is -0.106. The van der Waals surface area contributed by atoms with E-state index in [-0.39, 0.29) is 11.5 Å². The Bertz CT molecular complexity index is 880. The van der Waals surface area contributed by atoms with E-state index in [1.54, 1.807) is 11.3 Å². The van der Waals surface area contributed by atoms with Crippen LogP contribution >= 0.6 is 11.3 Å². The van der Waals surface area contributed by atoms with Crippen LogP contribution in [0, 0.1) is 5.92 Å². The van der Waals surface area contributed by atoms with Crippen molar-refractivity contribution in [3.8, 4) is 5.75 Å². The second-order valence-electron chi connectivity index (χ2n) is 9.05. The fraction of sp³-hybridized carbons (Fsp3) is 0.545. The van der Waals surface area contributed by atoms with Gasteiger partial charge in [-0.25, -0.2) is 4.98 Å². The molecule has 0 aliphatic carbocycles. The summed E-state index contributed by atoms with van der Waals surface area (Å²) in [5.41, 5.74) is 5.38. The third-order valence-corrected chi connectivity index (χ3v) is 6.85. The Balaban J connectivity index is 1.31. The average molecular weight is 398 g/mol. The van der Waals surface area contributed by atoms with E-state index in [1.807, 2.05) is 5.51 Å². The van der Waals surface area contributed by atoms with Crippen LogP contribution in [0.4, 0.5) is 0 Å². The van der Waals surface area contributed by atoms with E-state index in [9.17, 15) is 4.79 Å². The van der Waals surface area contributed by atoms with Crippen molar-refractivity contribution < 1.29 is 9.53 Å². The minimum Gasteiger partial charge on any atom is -0.487 e. The van der Waals surface area contributed by atoms with Crippen molar-refractivity contribution in [1.82, 2.24) is 14.8 Å². The summed E-state index contributed by atoms with van der Waals surface area (Å²) in [6, 6.07) is 6.89. The molecule has 3 fully saturated rings. The number of carbonyl (C=O) groups is 1. The van der Waals surface area contributed by atoms with E-state index < -0.39 is 0 Å². The molecule has 5 nitrogen and oxygen atoms in total. The quantitative estimate of drug-likeness (QED) is 0.792. The highest BCUT2D eigenvalue weighted by Crippen LogP contribution is 2.36. The van der Waals surface area contributed by atoms with Crippen molar-refractivity contribution in [1.29, 1.82) is 0 Å². The molecule has 0 unspecified atom stereocenters. The van der Waals surface area contributed by atoms with Crippen LogP contribution in [0.25, 0.3) is 0 Å². The molecule has 148 valence electrons. The fourth-order valence-electron chi connectivity index (χ4n) is 4.98. The van der Waals surface area contributed by atoms with Crippen molar-refractivity contribution in [2.45, 2.75) is 57.8 Å². The molecule has 1 aromatic heterocycles. The zero-order valence-corrected chi connectivity index (χ0v) is 17.4. The lowest BCUT2D eigenvalue weighted by Crippen LogP contribution is -2.47. The molecule has 1 amide bonds. The van der Waals surface area contributed by atoms with E-state index in [4.69, 9.17) is 4.74 Å². The number of thiazole rings is 1. The molecule has 0 spiro atoms. The number of ether oxygens (including phenoxy) is 1. The zero-order chi connectivity index (χ0) is 19.3. The highest BCUT2D eigenvalue weighted by molar-refractivity contribution is 7.07. The molecule has 4 aliphatic heterocycles. The summed E-state index contributed by atoms with van der Waals surface area (Å²) in [6.45, 7) is 7.65. The van der Waals surface area contributed by atoms with Gasteiger partial charge >= 0.3 is 0 Å². The maximum atomic E-state index is 13.0. The van der Waals surface area contributed by atoms with Crippen LogP contribution in [0.1, 0.15) is 43.5 Å². The van der Waals surface area contributed by atoms with Gasteiger partial charge in [0.05, 0.1) is 23.7 Å². The summed E-state index contributed by atoms with van der Waals surface area (Å²) in [5, 5.41) is 2.05. The number of fused-ring (bicyclic) bond motifs is 5. The number of nitrogens with zero attached hydrogens (tertiary/aromatic N) is 3. The Morgan fingerprint density at radius 2 is 2.14 bits per heavy atom. The van der Waals surface area contributed by atoms with Crippen LogP contribution in [0.5, 0.6) is 5.75 Å². The number of hydrogen-bond acceptors (Lipinski definition) is 5. The second-order valence-corrected chi connectivity index (χ2v) is 9.77. The number of benzene rings is 1. The molecule has 2 bridgehead atoms. The van der Waals surface area contributed by atoms with Gasteiger partial charge in [-0.1, -0.05) is 12.1 Å². The van der Waals surface area contributed by atoms with Crippen molar-refractivity contribution >= 4 is 17.2 Å². The van der Waals surface area contributed by atoms with Gasteiger partial charge in [0, 0.05) is 37.5 Å². The lowest BCUT2D eigenvalue weighted by Gasteiger charge is -2.35. The van der Waals surface area contributed by atoms with Crippen LogP contribution in [0.15, 0.2) is 29.1 Å². The van der Waals surface area contributed by atoms with Crippen LogP contribution in [0.3, 0.4) is 0 Å². The van der Waals surface area contributed by atoms with Gasteiger partial charge in [-0.15, -0.1) is 11.3 Å². The smallest absolute Gasteiger partial charge is 0.227 e. The molecule has 0 saturated carbocycles. The lowest BCUT2D eigenvalue weighted by atomic mass is 9.94. The summed E-state index contributed by atoms with van der Waals surface area (Å²) in [4.78, 5) is 22.0. The monoisotopic (exact) mass is 397 g/mol. The Labute approximate surface area is 170 Å². The lowest BCUT2D eigenvalue weighted by molar-refractivity contribution is -0.140. The molecule has 1 aromatic carbocycles. The third kappa shape index (κ3) is 3.44. The predicted molar refractivity (Wildman–Crippen MR) is 109 cm³/mol. The van der Waals surface area contributed by atoms with E-state index >= 15 is 0 Å². The largest absolute Gasteiger partial charge is 0.487 e. The molecule has 0 N–H and O–H groups in total. The zero-order valence-electron chi connectivity index (χ0n) is 16.6. The van der Waals surface area contributed by atoms with Crippen molar-refractivity contribution in [3.05, 3.63) is 45.9 Å². The van der Waals surface area contributed by atoms with Crippen LogP contribution in [-0.2, 0) is 24.3 Å². The summed E-state index contributed by atoms with van der Waals surface area (Å²) in [7, 11) is 0. The summed E-state index contributed by atoms with van der Waals surface area (Å²) in [6.07, 6.45) is 3.07. The van der Waals surface area contributed by atoms with Crippen LogP contribution in [-0.4, -0.2) is 45.4 Å². The molecule has 2 atom stereocenters. The van der Waals surface area contributed by atoms with E-state index in [1.165, 1.54) is 11.1 Å². The molecule has 6 rings (SSSR count). The average Bonchev–Trinajstić information content (AvgIpc) is 3.17. The van der Waals surface area contributed by atoms with Gasteiger partial charge in [0.15, 0.2) is 0 Å². The molecule has 3 saturated heterocycles. The first-order chi connectivity index (χ1) is 13.5. The summed E-state index contributed by atoms with van der Waals surface area (Å²) in [5.74, 6) is 1.46. The number of rotatable bonds is 4. The minimum absolute atomic E-state index is 0.106. The summed E-state index contributed by atoms with van der Waals surface area (Å²) < 4.78 is 6.01. The third-order valence-electron chi connectivity index (χ3n) is 6.22. The fourth-order valence-corrected chi connectivity index (χ4v) is 5.53. The molecule has 6 heteroatoms. The molecule has 5 heterocycles. The van der Waals surface area contributed by atoms with Gasteiger partial charge in [-0.3, -0.25) is 9.69 Å². The van der Waals surface area contributed by atoms with Gasteiger partial charge < -0.3 is 9.64 Å². The molecular formula is C22H27N3O2S. The Morgan fingerprint density at radius 3 is 2.96 bits per heavy atom. The SMILES string of the molecule is CC1(C)Cc2cc(CN3C[C@H]4CC[C@@H](C3)N(Cc3cscn3)C4=O)ccc2O1. The van der Waals surface area contributed by atoms with Gasteiger partial charge in [-0.05, 0) is 43.9 Å². The van der Waals surface area contributed by atoms with Crippen LogP contribution < -0.4 is 4.74 Å². The number of aromatic nitrogens is 1. The highest BCUT2D eigenvalue weighted by Gasteiger charge is 2.40. The van der Waals surface area contributed by atoms with Crippen molar-refractivity contribution in [3.63, 3.8) is 0 Å². The number of amides is 1. The Morgan fingerprint density at radius 1 is 1.25 bits per heavy atom. The standard InChI is InChI=1S/C22H27N3O2S/c1-22(2)8-17-7-15(3-6-20(17)27-22)9-24-10-16-4-5-19(12-24)25(21(16)26)11-18-13-28-14-23-18/h3,6-7,13-14,16,19H,4-5,8-12H2,1-2H3/t16-,19+/m1/s1. The molecular weight excluding hydrogens is 370 g/mol. The van der Waals surface area contributed by atoms with E-state index in [2.05, 4.69) is 52.2 Å². The first kappa shape index (κ1) is 18.1. The van der Waals surface area contributed by atoms with Crippen LogP contribution in [0.2, 0.25) is 0 Å². The number of carbonyl (C=O) groups excluding carboxylic acids is 1. The van der Waals surface area contributed by atoms with Crippen molar-refractivity contribution in [2.75, 3.05) is 13.1 Å². The normalized spacial score (nSPS) is 26.2. The predicted octanol–water partition coefficient (Wildman–Crippen LogP) is 3.48. The molecule has 4 aliphatic rings. The number of hydrogen-bond donors (Lipinski definition) is 0. The van der Waals surface area contributed by atoms with E-state index in [0.717, 1.165) is 50.3 Å². The number of piperidine rings is 1. The Hall–Kier alpha value is -1.92.